The van der Waals surface area contributed by atoms with Gasteiger partial charge in [0, 0.05) is 12.6 Å². The first-order chi connectivity index (χ1) is 9.53. The fourth-order valence-corrected chi connectivity index (χ4v) is 3.59. The highest BCUT2D eigenvalue weighted by atomic mass is 16.3. The molecule has 3 nitrogen and oxygen atoms in total. The van der Waals surface area contributed by atoms with Gasteiger partial charge in [-0.25, -0.2) is 0 Å². The van der Waals surface area contributed by atoms with E-state index in [0.29, 0.717) is 11.5 Å². The fourth-order valence-electron chi connectivity index (χ4n) is 3.59. The molecule has 1 aromatic rings. The van der Waals surface area contributed by atoms with Gasteiger partial charge in [0.15, 0.2) is 0 Å². The molecule has 1 N–H and O–H groups in total. The lowest BCUT2D eigenvalue weighted by Crippen LogP contribution is -2.45. The molecule has 0 aromatic carbocycles. The van der Waals surface area contributed by atoms with E-state index in [1.54, 1.807) is 6.26 Å². The molecular weight excluding hydrogens is 248 g/mol. The van der Waals surface area contributed by atoms with Gasteiger partial charge in [-0.1, -0.05) is 20.8 Å². The molecule has 0 saturated heterocycles. The van der Waals surface area contributed by atoms with Crippen molar-refractivity contribution in [2.75, 3.05) is 20.1 Å². The van der Waals surface area contributed by atoms with Crippen LogP contribution in [0, 0.1) is 11.3 Å². The summed E-state index contributed by atoms with van der Waals surface area (Å²) < 4.78 is 5.44. The smallest absolute Gasteiger partial charge is 0.117 e. The Bertz CT molecular complexity index is 386. The van der Waals surface area contributed by atoms with E-state index in [1.807, 2.05) is 6.07 Å². The Morgan fingerprint density at radius 2 is 2.25 bits per heavy atom. The van der Waals surface area contributed by atoms with E-state index in [9.17, 15) is 0 Å². The highest BCUT2D eigenvalue weighted by Gasteiger charge is 2.41. The molecule has 1 aliphatic carbocycles. The summed E-state index contributed by atoms with van der Waals surface area (Å²) in [5.74, 6) is 1.80. The molecule has 0 aliphatic heterocycles. The molecule has 2 unspecified atom stereocenters. The first-order valence-corrected chi connectivity index (χ1v) is 7.97. The molecule has 2 rings (SSSR count). The molecule has 1 saturated carbocycles. The molecule has 1 fully saturated rings. The zero-order valence-electron chi connectivity index (χ0n) is 13.5. The second kappa shape index (κ2) is 6.77. The molecule has 3 heteroatoms. The number of rotatable bonds is 7. The molecule has 1 aliphatic rings. The number of hydrogen-bond donors (Lipinski definition) is 1. The van der Waals surface area contributed by atoms with Gasteiger partial charge in [-0.15, -0.1) is 0 Å². The van der Waals surface area contributed by atoms with Crippen LogP contribution < -0.4 is 5.32 Å². The zero-order chi connectivity index (χ0) is 14.6. The second-order valence-corrected chi connectivity index (χ2v) is 7.00. The van der Waals surface area contributed by atoms with E-state index in [-0.39, 0.29) is 0 Å². The van der Waals surface area contributed by atoms with Crippen LogP contribution in [-0.4, -0.2) is 31.1 Å². The highest BCUT2D eigenvalue weighted by Crippen LogP contribution is 2.41. The van der Waals surface area contributed by atoms with E-state index < -0.39 is 0 Å². The summed E-state index contributed by atoms with van der Waals surface area (Å²) in [4.78, 5) is 2.39. The number of nitrogens with zero attached hydrogens (tertiary/aromatic N) is 1. The van der Waals surface area contributed by atoms with Crippen LogP contribution in [0.3, 0.4) is 0 Å². The van der Waals surface area contributed by atoms with Crippen molar-refractivity contribution in [1.82, 2.24) is 10.2 Å². The Hall–Kier alpha value is -0.800. The third-order valence-electron chi connectivity index (χ3n) is 4.64. The Labute approximate surface area is 123 Å². The fraction of sp³-hybridized carbons (Fsp3) is 0.765. The lowest BCUT2D eigenvalue weighted by Gasteiger charge is -2.33. The molecular formula is C17H30N2O. The standard InChI is InChI=1S/C17H30N2O/c1-5-10-18-16-14(8-9-17(16,2)3)12-19(4)13-15-7-6-11-20-15/h6-7,11,14,16,18H,5,8-10,12-13H2,1-4H3. The largest absolute Gasteiger partial charge is 0.468 e. The molecule has 1 aromatic heterocycles. The van der Waals surface area contributed by atoms with Crippen molar-refractivity contribution >= 4 is 0 Å². The predicted octanol–water partition coefficient (Wildman–Crippen LogP) is 3.52. The zero-order valence-corrected chi connectivity index (χ0v) is 13.5. The first-order valence-electron chi connectivity index (χ1n) is 7.97. The summed E-state index contributed by atoms with van der Waals surface area (Å²) in [5, 5.41) is 3.79. The summed E-state index contributed by atoms with van der Waals surface area (Å²) in [5.41, 5.74) is 0.422. The summed E-state index contributed by atoms with van der Waals surface area (Å²) in [7, 11) is 2.20. The SMILES string of the molecule is CCCNC1C(CN(C)Cc2ccco2)CCC1(C)C. The first kappa shape index (κ1) is 15.6. The Morgan fingerprint density at radius 1 is 1.45 bits per heavy atom. The van der Waals surface area contributed by atoms with Crippen LogP contribution in [0.1, 0.15) is 45.8 Å². The van der Waals surface area contributed by atoms with Crippen LogP contribution in [0.15, 0.2) is 22.8 Å². The lowest BCUT2D eigenvalue weighted by atomic mass is 9.84. The summed E-state index contributed by atoms with van der Waals surface area (Å²) in [6, 6.07) is 4.66. The van der Waals surface area contributed by atoms with Gasteiger partial charge >= 0.3 is 0 Å². The van der Waals surface area contributed by atoms with Gasteiger partial charge in [-0.05, 0) is 56.3 Å². The van der Waals surface area contributed by atoms with Crippen LogP contribution in [0.5, 0.6) is 0 Å². The summed E-state index contributed by atoms with van der Waals surface area (Å²) in [6.45, 7) is 10.2. The highest BCUT2D eigenvalue weighted by molar-refractivity contribution is 4.99. The van der Waals surface area contributed by atoms with Gasteiger partial charge < -0.3 is 9.73 Å². The van der Waals surface area contributed by atoms with E-state index in [0.717, 1.165) is 31.3 Å². The molecule has 0 spiro atoms. The van der Waals surface area contributed by atoms with E-state index in [1.165, 1.54) is 19.3 Å². The van der Waals surface area contributed by atoms with E-state index in [4.69, 9.17) is 4.42 Å². The maximum atomic E-state index is 5.44. The third kappa shape index (κ3) is 3.86. The maximum absolute atomic E-state index is 5.44. The number of nitrogens with one attached hydrogen (secondary N) is 1. The van der Waals surface area contributed by atoms with Gasteiger partial charge in [0.25, 0.3) is 0 Å². The second-order valence-electron chi connectivity index (χ2n) is 7.00. The van der Waals surface area contributed by atoms with Crippen LogP contribution in [0.25, 0.3) is 0 Å². The molecule has 2 atom stereocenters. The minimum atomic E-state index is 0.422. The van der Waals surface area contributed by atoms with Crippen molar-refractivity contribution < 1.29 is 4.42 Å². The quantitative estimate of drug-likeness (QED) is 0.827. The normalized spacial score (nSPS) is 25.4. The average Bonchev–Trinajstić information content (AvgIpc) is 2.97. The average molecular weight is 278 g/mol. The molecule has 0 radical (unpaired) electrons. The van der Waals surface area contributed by atoms with Crippen molar-refractivity contribution in [3.8, 4) is 0 Å². The van der Waals surface area contributed by atoms with Gasteiger partial charge in [-0.3, -0.25) is 4.90 Å². The summed E-state index contributed by atoms with van der Waals surface area (Å²) in [6.07, 6.45) is 5.62. The minimum Gasteiger partial charge on any atom is -0.468 e. The van der Waals surface area contributed by atoms with Crippen molar-refractivity contribution in [2.45, 2.75) is 52.6 Å². The number of furan rings is 1. The molecule has 0 bridgehead atoms. The van der Waals surface area contributed by atoms with Crippen LogP contribution >= 0.6 is 0 Å². The topological polar surface area (TPSA) is 28.4 Å². The van der Waals surface area contributed by atoms with Gasteiger partial charge in [0.1, 0.15) is 5.76 Å². The number of hydrogen-bond acceptors (Lipinski definition) is 3. The van der Waals surface area contributed by atoms with Crippen molar-refractivity contribution in [3.05, 3.63) is 24.2 Å². The Morgan fingerprint density at radius 3 is 2.90 bits per heavy atom. The van der Waals surface area contributed by atoms with Crippen molar-refractivity contribution in [2.24, 2.45) is 11.3 Å². The maximum Gasteiger partial charge on any atom is 0.117 e. The predicted molar refractivity (Wildman–Crippen MR) is 83.6 cm³/mol. The monoisotopic (exact) mass is 278 g/mol. The molecule has 1 heterocycles. The van der Waals surface area contributed by atoms with Crippen LogP contribution in [-0.2, 0) is 6.54 Å². The third-order valence-corrected chi connectivity index (χ3v) is 4.64. The Kier molecular flexibility index (Phi) is 5.28. The van der Waals surface area contributed by atoms with Gasteiger partial charge in [-0.2, -0.15) is 0 Å². The van der Waals surface area contributed by atoms with Gasteiger partial charge in [0.05, 0.1) is 12.8 Å². The molecule has 0 amide bonds. The minimum absolute atomic E-state index is 0.422. The van der Waals surface area contributed by atoms with Crippen molar-refractivity contribution in [3.63, 3.8) is 0 Å². The summed E-state index contributed by atoms with van der Waals surface area (Å²) >= 11 is 0. The Balaban J connectivity index is 1.89. The lowest BCUT2D eigenvalue weighted by molar-refractivity contribution is 0.193. The van der Waals surface area contributed by atoms with Gasteiger partial charge in [0.2, 0.25) is 0 Å². The molecule has 114 valence electrons. The van der Waals surface area contributed by atoms with Crippen molar-refractivity contribution in [1.29, 1.82) is 0 Å². The van der Waals surface area contributed by atoms with Crippen LogP contribution in [0.2, 0.25) is 0 Å². The van der Waals surface area contributed by atoms with E-state index >= 15 is 0 Å². The van der Waals surface area contributed by atoms with E-state index in [2.05, 4.69) is 44.1 Å². The van der Waals surface area contributed by atoms with Crippen LogP contribution in [0.4, 0.5) is 0 Å². The molecule has 20 heavy (non-hydrogen) atoms.